The lowest BCUT2D eigenvalue weighted by molar-refractivity contribution is -0.151. The minimum atomic E-state index is -0.333. The van der Waals surface area contributed by atoms with Gasteiger partial charge in [-0.2, -0.15) is 0 Å². The Morgan fingerprint density at radius 2 is 1.42 bits per heavy atom. The molecule has 0 aromatic heterocycles. The van der Waals surface area contributed by atoms with Crippen LogP contribution in [0.4, 0.5) is 0 Å². The Bertz CT molecular complexity index is 298. The second kappa shape index (κ2) is 18.5. The molecule has 0 radical (unpaired) electrons. The Labute approximate surface area is 148 Å². The molecule has 2 N–H and O–H groups in total. The maximum Gasteiger partial charge on any atom is 0.306 e. The van der Waals surface area contributed by atoms with Crippen molar-refractivity contribution in [3.63, 3.8) is 0 Å². The first-order valence-electron chi connectivity index (χ1n) is 9.80. The number of carbonyl (C=O) groups excluding carboxylic acids is 1. The van der Waals surface area contributed by atoms with Crippen molar-refractivity contribution < 1.29 is 19.7 Å². The van der Waals surface area contributed by atoms with Crippen LogP contribution in [0.25, 0.3) is 0 Å². The van der Waals surface area contributed by atoms with E-state index in [4.69, 9.17) is 14.9 Å². The molecule has 0 aliphatic heterocycles. The molecule has 0 aromatic carbocycles. The van der Waals surface area contributed by atoms with Gasteiger partial charge in [0.15, 0.2) is 0 Å². The molecular formula is C20H38O4. The maximum absolute atomic E-state index is 11.5. The summed E-state index contributed by atoms with van der Waals surface area (Å²) < 4.78 is 5.15. The first-order chi connectivity index (χ1) is 11.7. The van der Waals surface area contributed by atoms with E-state index < -0.39 is 0 Å². The molecule has 0 fully saturated rings. The molecule has 0 saturated heterocycles. The van der Waals surface area contributed by atoms with E-state index >= 15 is 0 Å². The summed E-state index contributed by atoms with van der Waals surface area (Å²) in [4.78, 5) is 11.5. The summed E-state index contributed by atoms with van der Waals surface area (Å²) in [6.07, 6.45) is 17.7. The van der Waals surface area contributed by atoms with Crippen LogP contribution in [-0.2, 0) is 9.53 Å². The summed E-state index contributed by atoms with van der Waals surface area (Å²) in [5.74, 6) is -0.181. The van der Waals surface area contributed by atoms with Gasteiger partial charge in [-0.05, 0) is 44.9 Å². The van der Waals surface area contributed by atoms with Crippen LogP contribution in [-0.4, -0.2) is 35.5 Å². The Hall–Kier alpha value is -0.870. The first kappa shape index (κ1) is 23.1. The van der Waals surface area contributed by atoms with Gasteiger partial charge in [-0.15, -0.1) is 0 Å². The van der Waals surface area contributed by atoms with Crippen LogP contribution in [0, 0.1) is 0 Å². The lowest BCUT2D eigenvalue weighted by Crippen LogP contribution is -2.20. The van der Waals surface area contributed by atoms with Gasteiger partial charge in [0.25, 0.3) is 0 Å². The number of rotatable bonds is 17. The van der Waals surface area contributed by atoms with Crippen molar-refractivity contribution >= 4 is 5.97 Å². The van der Waals surface area contributed by atoms with Gasteiger partial charge in [0.1, 0.15) is 6.10 Å². The fraction of sp³-hybridized carbons (Fsp3) is 0.850. The number of ether oxygens (including phenoxy) is 1. The number of aliphatic hydroxyl groups excluding tert-OH is 2. The number of allylic oxidation sites excluding steroid dienone is 2. The molecule has 0 aromatic rings. The summed E-state index contributed by atoms with van der Waals surface area (Å²) in [6, 6.07) is 0. The lowest BCUT2D eigenvalue weighted by atomic mass is 10.1. The summed E-state index contributed by atoms with van der Waals surface area (Å²) in [5, 5.41) is 17.7. The Kier molecular flexibility index (Phi) is 17.8. The molecule has 4 heteroatoms. The second-order valence-corrected chi connectivity index (χ2v) is 6.41. The minimum Gasteiger partial charge on any atom is -0.460 e. The molecule has 0 spiro atoms. The van der Waals surface area contributed by atoms with Gasteiger partial charge in [-0.1, -0.05) is 51.2 Å². The molecule has 4 nitrogen and oxygen atoms in total. The van der Waals surface area contributed by atoms with E-state index in [0.717, 1.165) is 38.5 Å². The summed E-state index contributed by atoms with van der Waals surface area (Å²) in [6.45, 7) is 2.13. The Morgan fingerprint density at radius 3 is 1.96 bits per heavy atom. The SMILES string of the molecule is CCC(CO)OC(=O)CCCCCCCC/C=C\CCCCCO. The molecule has 0 heterocycles. The predicted octanol–water partition coefficient (Wildman–Crippen LogP) is 4.53. The van der Waals surface area contributed by atoms with Crippen LogP contribution < -0.4 is 0 Å². The number of hydrogen-bond donors (Lipinski definition) is 2. The van der Waals surface area contributed by atoms with E-state index in [2.05, 4.69) is 12.2 Å². The van der Waals surface area contributed by atoms with E-state index in [1.807, 2.05) is 6.92 Å². The lowest BCUT2D eigenvalue weighted by Gasteiger charge is -2.12. The van der Waals surface area contributed by atoms with Crippen molar-refractivity contribution in [2.45, 2.75) is 96.5 Å². The highest BCUT2D eigenvalue weighted by Crippen LogP contribution is 2.10. The zero-order valence-corrected chi connectivity index (χ0v) is 15.5. The van der Waals surface area contributed by atoms with Crippen LogP contribution in [0.2, 0.25) is 0 Å². The molecule has 24 heavy (non-hydrogen) atoms. The van der Waals surface area contributed by atoms with Crippen LogP contribution in [0.3, 0.4) is 0 Å². The van der Waals surface area contributed by atoms with Crippen molar-refractivity contribution in [2.24, 2.45) is 0 Å². The molecule has 0 rings (SSSR count). The summed E-state index contributed by atoms with van der Waals surface area (Å²) >= 11 is 0. The smallest absolute Gasteiger partial charge is 0.306 e. The molecule has 0 aliphatic carbocycles. The zero-order chi connectivity index (χ0) is 17.9. The highest BCUT2D eigenvalue weighted by molar-refractivity contribution is 5.69. The average Bonchev–Trinajstić information content (AvgIpc) is 2.60. The van der Waals surface area contributed by atoms with Gasteiger partial charge >= 0.3 is 5.97 Å². The molecule has 0 aliphatic rings. The van der Waals surface area contributed by atoms with Crippen molar-refractivity contribution in [2.75, 3.05) is 13.2 Å². The zero-order valence-electron chi connectivity index (χ0n) is 15.5. The summed E-state index contributed by atoms with van der Waals surface area (Å²) in [5.41, 5.74) is 0. The number of aliphatic hydroxyl groups is 2. The topological polar surface area (TPSA) is 66.8 Å². The van der Waals surface area contributed by atoms with E-state index in [-0.39, 0.29) is 18.7 Å². The molecule has 0 amide bonds. The standard InChI is InChI=1S/C20H38O4/c1-2-19(18-22)24-20(23)16-14-12-10-8-6-4-3-5-7-9-11-13-15-17-21/h5,7,19,21-22H,2-4,6,8-18H2,1H3/b7-5-. The van der Waals surface area contributed by atoms with Gasteiger partial charge in [0.2, 0.25) is 0 Å². The number of esters is 1. The molecule has 1 unspecified atom stereocenters. The monoisotopic (exact) mass is 342 g/mol. The van der Waals surface area contributed by atoms with Crippen LogP contribution in [0.15, 0.2) is 12.2 Å². The van der Waals surface area contributed by atoms with Gasteiger partial charge in [0.05, 0.1) is 6.61 Å². The van der Waals surface area contributed by atoms with Gasteiger partial charge in [-0.25, -0.2) is 0 Å². The third kappa shape index (κ3) is 16.0. The van der Waals surface area contributed by atoms with Crippen molar-refractivity contribution in [3.8, 4) is 0 Å². The number of hydrogen-bond acceptors (Lipinski definition) is 4. The highest BCUT2D eigenvalue weighted by Gasteiger charge is 2.10. The van der Waals surface area contributed by atoms with Gasteiger partial charge < -0.3 is 14.9 Å². The van der Waals surface area contributed by atoms with E-state index in [1.54, 1.807) is 0 Å². The van der Waals surface area contributed by atoms with E-state index in [1.165, 1.54) is 32.1 Å². The molecular weight excluding hydrogens is 304 g/mol. The molecule has 142 valence electrons. The van der Waals surface area contributed by atoms with Crippen molar-refractivity contribution in [3.05, 3.63) is 12.2 Å². The average molecular weight is 343 g/mol. The summed E-state index contributed by atoms with van der Waals surface area (Å²) in [7, 11) is 0. The fourth-order valence-corrected chi connectivity index (χ4v) is 2.52. The van der Waals surface area contributed by atoms with Gasteiger partial charge in [-0.3, -0.25) is 4.79 Å². The Balaban J connectivity index is 3.28. The van der Waals surface area contributed by atoms with Crippen molar-refractivity contribution in [1.29, 1.82) is 0 Å². The van der Waals surface area contributed by atoms with E-state index in [9.17, 15) is 4.79 Å². The fourth-order valence-electron chi connectivity index (χ4n) is 2.52. The van der Waals surface area contributed by atoms with Crippen LogP contribution in [0.1, 0.15) is 90.4 Å². The van der Waals surface area contributed by atoms with Crippen LogP contribution >= 0.6 is 0 Å². The normalized spacial score (nSPS) is 12.6. The molecule has 1 atom stereocenters. The molecule has 0 saturated carbocycles. The quantitative estimate of drug-likeness (QED) is 0.231. The van der Waals surface area contributed by atoms with Crippen molar-refractivity contribution in [1.82, 2.24) is 0 Å². The van der Waals surface area contributed by atoms with Crippen LogP contribution in [0.5, 0.6) is 0 Å². The third-order valence-electron chi connectivity index (χ3n) is 4.15. The molecule has 0 bridgehead atoms. The largest absolute Gasteiger partial charge is 0.460 e. The second-order valence-electron chi connectivity index (χ2n) is 6.41. The predicted molar refractivity (Wildman–Crippen MR) is 98.9 cm³/mol. The Morgan fingerprint density at radius 1 is 0.875 bits per heavy atom. The highest BCUT2D eigenvalue weighted by atomic mass is 16.5. The number of unbranched alkanes of at least 4 members (excludes halogenated alkanes) is 9. The van der Waals surface area contributed by atoms with E-state index in [0.29, 0.717) is 19.4 Å². The maximum atomic E-state index is 11.5. The number of carbonyl (C=O) groups is 1. The third-order valence-corrected chi connectivity index (χ3v) is 4.15. The minimum absolute atomic E-state index is 0.0840. The first-order valence-corrected chi connectivity index (χ1v) is 9.80. The van der Waals surface area contributed by atoms with Gasteiger partial charge in [0, 0.05) is 13.0 Å².